The third kappa shape index (κ3) is 2.73. The third-order valence-corrected chi connectivity index (χ3v) is 2.39. The molecule has 1 rings (SSSR count). The average Bonchev–Trinajstić information content (AvgIpc) is 1.96. The standard InChI is InChI=1S/C9H20N2O/c1-8-7-12-9(5-10(2)3)6-11(8)4/h8-9H,5-7H2,1-4H3. The van der Waals surface area contributed by atoms with Crippen molar-refractivity contribution in [1.29, 1.82) is 0 Å². The second kappa shape index (κ2) is 4.21. The van der Waals surface area contributed by atoms with Crippen LogP contribution in [0.2, 0.25) is 0 Å². The normalized spacial score (nSPS) is 32.8. The van der Waals surface area contributed by atoms with E-state index in [0.29, 0.717) is 12.1 Å². The number of morpholine rings is 1. The fraction of sp³-hybridized carbons (Fsp3) is 1.00. The van der Waals surface area contributed by atoms with Gasteiger partial charge >= 0.3 is 0 Å². The van der Waals surface area contributed by atoms with E-state index in [0.717, 1.165) is 19.7 Å². The van der Waals surface area contributed by atoms with Crippen LogP contribution in [0.5, 0.6) is 0 Å². The summed E-state index contributed by atoms with van der Waals surface area (Å²) in [6.45, 7) is 5.15. The largest absolute Gasteiger partial charge is 0.374 e. The Morgan fingerprint density at radius 3 is 2.67 bits per heavy atom. The summed E-state index contributed by atoms with van der Waals surface area (Å²) in [7, 11) is 6.33. The van der Waals surface area contributed by atoms with Gasteiger partial charge in [-0.2, -0.15) is 0 Å². The summed E-state index contributed by atoms with van der Waals surface area (Å²) >= 11 is 0. The van der Waals surface area contributed by atoms with E-state index >= 15 is 0 Å². The van der Waals surface area contributed by atoms with E-state index in [1.54, 1.807) is 0 Å². The van der Waals surface area contributed by atoms with Crippen molar-refractivity contribution >= 4 is 0 Å². The van der Waals surface area contributed by atoms with E-state index < -0.39 is 0 Å². The molecular formula is C9H20N2O. The van der Waals surface area contributed by atoms with Crippen molar-refractivity contribution < 1.29 is 4.74 Å². The zero-order valence-corrected chi connectivity index (χ0v) is 8.58. The van der Waals surface area contributed by atoms with E-state index in [-0.39, 0.29) is 0 Å². The van der Waals surface area contributed by atoms with Crippen LogP contribution in [0.4, 0.5) is 0 Å². The highest BCUT2D eigenvalue weighted by molar-refractivity contribution is 4.75. The first-order chi connectivity index (χ1) is 5.59. The molecule has 1 fully saturated rings. The highest BCUT2D eigenvalue weighted by Crippen LogP contribution is 2.09. The fourth-order valence-corrected chi connectivity index (χ4v) is 1.47. The Morgan fingerprint density at radius 2 is 2.17 bits per heavy atom. The van der Waals surface area contributed by atoms with Gasteiger partial charge in [-0.25, -0.2) is 0 Å². The first-order valence-electron chi connectivity index (χ1n) is 4.56. The summed E-state index contributed by atoms with van der Waals surface area (Å²) in [5, 5.41) is 0. The topological polar surface area (TPSA) is 15.7 Å². The molecule has 72 valence electrons. The number of rotatable bonds is 2. The molecule has 0 radical (unpaired) electrons. The summed E-state index contributed by atoms with van der Waals surface area (Å²) in [5.41, 5.74) is 0. The number of hydrogen-bond acceptors (Lipinski definition) is 3. The van der Waals surface area contributed by atoms with Crippen molar-refractivity contribution in [3.05, 3.63) is 0 Å². The molecule has 2 atom stereocenters. The summed E-state index contributed by atoms with van der Waals surface area (Å²) in [6, 6.07) is 0.573. The number of likely N-dealkylation sites (N-methyl/N-ethyl adjacent to an activating group) is 2. The number of ether oxygens (including phenoxy) is 1. The van der Waals surface area contributed by atoms with Gasteiger partial charge < -0.3 is 9.64 Å². The van der Waals surface area contributed by atoms with Crippen LogP contribution >= 0.6 is 0 Å². The molecule has 3 nitrogen and oxygen atoms in total. The zero-order valence-electron chi connectivity index (χ0n) is 8.58. The fourth-order valence-electron chi connectivity index (χ4n) is 1.47. The monoisotopic (exact) mass is 172 g/mol. The molecule has 2 unspecified atom stereocenters. The Balaban J connectivity index is 2.30. The molecule has 12 heavy (non-hydrogen) atoms. The molecule has 0 bridgehead atoms. The van der Waals surface area contributed by atoms with Gasteiger partial charge in [0.15, 0.2) is 0 Å². The van der Waals surface area contributed by atoms with Gasteiger partial charge in [0.05, 0.1) is 12.7 Å². The Labute approximate surface area is 75.3 Å². The van der Waals surface area contributed by atoms with Gasteiger partial charge in [0, 0.05) is 19.1 Å². The van der Waals surface area contributed by atoms with E-state index in [9.17, 15) is 0 Å². The van der Waals surface area contributed by atoms with E-state index in [4.69, 9.17) is 4.74 Å². The quantitative estimate of drug-likeness (QED) is 0.594. The minimum absolute atomic E-state index is 0.390. The van der Waals surface area contributed by atoms with Crippen LogP contribution in [-0.2, 0) is 4.74 Å². The van der Waals surface area contributed by atoms with Crippen molar-refractivity contribution in [2.45, 2.75) is 19.1 Å². The van der Waals surface area contributed by atoms with Crippen molar-refractivity contribution in [2.75, 3.05) is 40.8 Å². The van der Waals surface area contributed by atoms with Gasteiger partial charge in [-0.15, -0.1) is 0 Å². The highest BCUT2D eigenvalue weighted by Gasteiger charge is 2.22. The van der Waals surface area contributed by atoms with Crippen molar-refractivity contribution in [3.63, 3.8) is 0 Å². The molecule has 0 spiro atoms. The van der Waals surface area contributed by atoms with Crippen LogP contribution in [0.15, 0.2) is 0 Å². The predicted molar refractivity (Wildman–Crippen MR) is 50.4 cm³/mol. The van der Waals surface area contributed by atoms with Gasteiger partial charge in [0.1, 0.15) is 0 Å². The predicted octanol–water partition coefficient (Wildman–Crippen LogP) is 0.267. The van der Waals surface area contributed by atoms with Gasteiger partial charge in [-0.3, -0.25) is 4.90 Å². The molecule has 1 aliphatic rings. The summed E-state index contributed by atoms with van der Waals surface area (Å²) in [6.07, 6.45) is 0.390. The summed E-state index contributed by atoms with van der Waals surface area (Å²) < 4.78 is 5.69. The first kappa shape index (κ1) is 9.96. The Hall–Kier alpha value is -0.120. The maximum atomic E-state index is 5.69. The van der Waals surface area contributed by atoms with Gasteiger partial charge in [0.2, 0.25) is 0 Å². The van der Waals surface area contributed by atoms with E-state index in [1.165, 1.54) is 0 Å². The molecule has 0 saturated carbocycles. The Bertz CT molecular complexity index is 138. The number of hydrogen-bond donors (Lipinski definition) is 0. The number of nitrogens with zero attached hydrogens (tertiary/aromatic N) is 2. The van der Waals surface area contributed by atoms with Gasteiger partial charge in [0.25, 0.3) is 0 Å². The smallest absolute Gasteiger partial charge is 0.0829 e. The second-order valence-corrected chi connectivity index (χ2v) is 4.01. The lowest BCUT2D eigenvalue weighted by Gasteiger charge is -2.36. The van der Waals surface area contributed by atoms with Crippen LogP contribution in [0.1, 0.15) is 6.92 Å². The first-order valence-corrected chi connectivity index (χ1v) is 4.56. The molecule has 0 aromatic rings. The lowest BCUT2D eigenvalue weighted by Crippen LogP contribution is -2.49. The molecule has 0 aromatic carbocycles. The lowest BCUT2D eigenvalue weighted by atomic mass is 10.2. The molecule has 0 N–H and O–H groups in total. The second-order valence-electron chi connectivity index (χ2n) is 4.01. The molecule has 3 heteroatoms. The maximum absolute atomic E-state index is 5.69. The minimum Gasteiger partial charge on any atom is -0.374 e. The van der Waals surface area contributed by atoms with Crippen molar-refractivity contribution in [2.24, 2.45) is 0 Å². The molecular weight excluding hydrogens is 152 g/mol. The summed E-state index contributed by atoms with van der Waals surface area (Å²) in [4.78, 5) is 4.53. The lowest BCUT2D eigenvalue weighted by molar-refractivity contribution is -0.0564. The van der Waals surface area contributed by atoms with Crippen LogP contribution in [0.25, 0.3) is 0 Å². The molecule has 0 amide bonds. The maximum Gasteiger partial charge on any atom is 0.0829 e. The van der Waals surface area contributed by atoms with Crippen LogP contribution in [0.3, 0.4) is 0 Å². The van der Waals surface area contributed by atoms with Crippen molar-refractivity contribution in [3.8, 4) is 0 Å². The van der Waals surface area contributed by atoms with Crippen molar-refractivity contribution in [1.82, 2.24) is 9.80 Å². The highest BCUT2D eigenvalue weighted by atomic mass is 16.5. The van der Waals surface area contributed by atoms with Gasteiger partial charge in [-0.1, -0.05) is 0 Å². The van der Waals surface area contributed by atoms with Crippen LogP contribution in [-0.4, -0.2) is 62.8 Å². The SMILES string of the molecule is CC1COC(CN(C)C)CN1C. The minimum atomic E-state index is 0.390. The molecule has 1 heterocycles. The molecule has 1 saturated heterocycles. The van der Waals surface area contributed by atoms with E-state index in [1.807, 2.05) is 0 Å². The average molecular weight is 172 g/mol. The Morgan fingerprint density at radius 1 is 1.50 bits per heavy atom. The zero-order chi connectivity index (χ0) is 9.14. The van der Waals surface area contributed by atoms with Crippen LogP contribution < -0.4 is 0 Å². The van der Waals surface area contributed by atoms with Gasteiger partial charge in [-0.05, 0) is 28.1 Å². The van der Waals surface area contributed by atoms with E-state index in [2.05, 4.69) is 37.9 Å². The molecule has 0 aliphatic carbocycles. The Kier molecular flexibility index (Phi) is 3.50. The van der Waals surface area contributed by atoms with Crippen LogP contribution in [0, 0.1) is 0 Å². The summed E-state index contributed by atoms with van der Waals surface area (Å²) in [5.74, 6) is 0. The molecule has 0 aromatic heterocycles. The third-order valence-electron chi connectivity index (χ3n) is 2.39. The molecule has 1 aliphatic heterocycles.